The third-order valence-electron chi connectivity index (χ3n) is 3.82. The SMILES string of the molecule is COCCC1(CNC(=O)NC(C)CCCC(=O)O)CC1. The van der Waals surface area contributed by atoms with Gasteiger partial charge in [0.1, 0.15) is 0 Å². The van der Waals surface area contributed by atoms with Gasteiger partial charge in [-0.25, -0.2) is 4.79 Å². The number of methoxy groups -OCH3 is 1. The summed E-state index contributed by atoms with van der Waals surface area (Å²) in [4.78, 5) is 22.1. The molecule has 0 bridgehead atoms. The average Bonchev–Trinajstić information content (AvgIpc) is 3.14. The molecule has 0 aromatic rings. The molecule has 6 nitrogen and oxygen atoms in total. The molecule has 0 aromatic heterocycles. The molecule has 1 aliphatic rings. The highest BCUT2D eigenvalue weighted by Gasteiger charge is 2.42. The minimum atomic E-state index is -0.796. The molecule has 0 spiro atoms. The van der Waals surface area contributed by atoms with Crippen molar-refractivity contribution in [2.45, 2.75) is 51.5 Å². The van der Waals surface area contributed by atoms with Crippen LogP contribution in [0.4, 0.5) is 4.79 Å². The van der Waals surface area contributed by atoms with E-state index in [9.17, 15) is 9.59 Å². The van der Waals surface area contributed by atoms with Crippen LogP contribution in [0.2, 0.25) is 0 Å². The van der Waals surface area contributed by atoms with Crippen molar-refractivity contribution >= 4 is 12.0 Å². The smallest absolute Gasteiger partial charge is 0.315 e. The van der Waals surface area contributed by atoms with Crippen molar-refractivity contribution in [2.24, 2.45) is 5.41 Å². The van der Waals surface area contributed by atoms with Crippen LogP contribution in [0.3, 0.4) is 0 Å². The first-order chi connectivity index (χ1) is 9.47. The van der Waals surface area contributed by atoms with E-state index in [4.69, 9.17) is 9.84 Å². The maximum absolute atomic E-state index is 11.7. The molecule has 1 atom stereocenters. The lowest BCUT2D eigenvalue weighted by Crippen LogP contribution is -2.43. The van der Waals surface area contributed by atoms with Gasteiger partial charge >= 0.3 is 12.0 Å². The maximum atomic E-state index is 11.7. The van der Waals surface area contributed by atoms with Crippen LogP contribution >= 0.6 is 0 Å². The fourth-order valence-electron chi connectivity index (χ4n) is 2.18. The molecular weight excluding hydrogens is 260 g/mol. The molecule has 6 heteroatoms. The summed E-state index contributed by atoms with van der Waals surface area (Å²) in [5, 5.41) is 14.3. The number of aliphatic carboxylic acids is 1. The Kier molecular flexibility index (Phi) is 6.78. The second kappa shape index (κ2) is 8.09. The Morgan fingerprint density at radius 2 is 2.10 bits per heavy atom. The molecule has 3 N–H and O–H groups in total. The van der Waals surface area contributed by atoms with Crippen molar-refractivity contribution in [1.29, 1.82) is 0 Å². The fraction of sp³-hybridized carbons (Fsp3) is 0.857. The molecule has 0 radical (unpaired) electrons. The third-order valence-corrected chi connectivity index (χ3v) is 3.82. The number of hydrogen-bond donors (Lipinski definition) is 3. The Labute approximate surface area is 120 Å². The summed E-state index contributed by atoms with van der Waals surface area (Å²) in [6.45, 7) is 3.30. The van der Waals surface area contributed by atoms with Crippen LogP contribution in [-0.2, 0) is 9.53 Å². The van der Waals surface area contributed by atoms with Crippen LogP contribution in [0.15, 0.2) is 0 Å². The third kappa shape index (κ3) is 6.75. The molecule has 1 aliphatic carbocycles. The zero-order valence-corrected chi connectivity index (χ0v) is 12.4. The highest BCUT2D eigenvalue weighted by molar-refractivity contribution is 5.74. The van der Waals surface area contributed by atoms with Crippen molar-refractivity contribution < 1.29 is 19.4 Å². The van der Waals surface area contributed by atoms with Crippen molar-refractivity contribution in [2.75, 3.05) is 20.3 Å². The Morgan fingerprint density at radius 1 is 1.40 bits per heavy atom. The molecule has 116 valence electrons. The van der Waals surface area contributed by atoms with Gasteiger partial charge in [-0.2, -0.15) is 0 Å². The van der Waals surface area contributed by atoms with Crippen LogP contribution in [0.25, 0.3) is 0 Å². The molecule has 1 saturated carbocycles. The molecule has 1 unspecified atom stereocenters. The minimum absolute atomic E-state index is 0.0107. The number of carboxylic acid groups (broad SMARTS) is 1. The van der Waals surface area contributed by atoms with Gasteiger partial charge in [0.05, 0.1) is 0 Å². The minimum Gasteiger partial charge on any atom is -0.481 e. The van der Waals surface area contributed by atoms with Crippen LogP contribution in [0, 0.1) is 5.41 Å². The van der Waals surface area contributed by atoms with Crippen molar-refractivity contribution in [1.82, 2.24) is 10.6 Å². The Balaban J connectivity index is 2.12. The zero-order valence-electron chi connectivity index (χ0n) is 12.4. The summed E-state index contributed by atoms with van der Waals surface area (Å²) in [7, 11) is 1.69. The number of carbonyl (C=O) groups excluding carboxylic acids is 1. The number of hydrogen-bond acceptors (Lipinski definition) is 3. The number of ether oxygens (including phenoxy) is 1. The first kappa shape index (κ1) is 16.8. The first-order valence-electron chi connectivity index (χ1n) is 7.22. The Hall–Kier alpha value is -1.30. The van der Waals surface area contributed by atoms with E-state index in [-0.39, 0.29) is 23.9 Å². The van der Waals surface area contributed by atoms with E-state index in [1.54, 1.807) is 7.11 Å². The molecule has 2 amide bonds. The average molecular weight is 286 g/mol. The summed E-state index contributed by atoms with van der Waals surface area (Å²) < 4.78 is 5.08. The molecule has 0 aromatic carbocycles. The normalized spacial score (nSPS) is 17.3. The molecule has 0 saturated heterocycles. The Morgan fingerprint density at radius 3 is 2.65 bits per heavy atom. The second-order valence-corrected chi connectivity index (χ2v) is 5.76. The molecule has 1 rings (SSSR count). The quantitative estimate of drug-likeness (QED) is 0.571. The zero-order chi connectivity index (χ0) is 15.0. The fourth-order valence-corrected chi connectivity index (χ4v) is 2.18. The lowest BCUT2D eigenvalue weighted by Gasteiger charge is -2.18. The predicted molar refractivity (Wildman–Crippen MR) is 75.6 cm³/mol. The molecule has 0 aliphatic heterocycles. The van der Waals surface area contributed by atoms with Gasteiger partial charge in [-0.15, -0.1) is 0 Å². The highest BCUT2D eigenvalue weighted by atomic mass is 16.5. The topological polar surface area (TPSA) is 87.7 Å². The van der Waals surface area contributed by atoms with Crippen LogP contribution < -0.4 is 10.6 Å². The monoisotopic (exact) mass is 286 g/mol. The van der Waals surface area contributed by atoms with Crippen molar-refractivity contribution in [3.8, 4) is 0 Å². The van der Waals surface area contributed by atoms with E-state index in [0.717, 1.165) is 25.9 Å². The number of amides is 2. The van der Waals surface area contributed by atoms with Gasteiger partial charge in [0.2, 0.25) is 0 Å². The van der Waals surface area contributed by atoms with Gasteiger partial charge in [-0.05, 0) is 44.4 Å². The van der Waals surface area contributed by atoms with E-state index >= 15 is 0 Å². The summed E-state index contributed by atoms with van der Waals surface area (Å²) in [6, 6.07) is -0.181. The second-order valence-electron chi connectivity index (χ2n) is 5.76. The van der Waals surface area contributed by atoms with Gasteiger partial charge < -0.3 is 20.5 Å². The Bertz CT molecular complexity index is 329. The van der Waals surface area contributed by atoms with Crippen molar-refractivity contribution in [3.05, 3.63) is 0 Å². The van der Waals surface area contributed by atoms with E-state index in [2.05, 4.69) is 10.6 Å². The van der Waals surface area contributed by atoms with E-state index in [1.807, 2.05) is 6.92 Å². The molecular formula is C14H26N2O4. The first-order valence-corrected chi connectivity index (χ1v) is 7.22. The number of nitrogens with one attached hydrogen (secondary N) is 2. The number of carboxylic acids is 1. The predicted octanol–water partition coefficient (Wildman–Crippen LogP) is 1.75. The van der Waals surface area contributed by atoms with Crippen LogP contribution in [0.1, 0.15) is 45.4 Å². The summed E-state index contributed by atoms with van der Waals surface area (Å²) >= 11 is 0. The summed E-state index contributed by atoms with van der Waals surface area (Å²) in [6.07, 6.45) is 4.67. The largest absolute Gasteiger partial charge is 0.481 e. The van der Waals surface area contributed by atoms with Gasteiger partial charge in [0.25, 0.3) is 0 Å². The summed E-state index contributed by atoms with van der Waals surface area (Å²) in [5.74, 6) is -0.796. The standard InChI is InChI=1S/C14H26N2O4/c1-11(4-3-5-12(17)18)16-13(19)15-10-14(6-7-14)8-9-20-2/h11H,3-10H2,1-2H3,(H,17,18)(H2,15,16,19). The van der Waals surface area contributed by atoms with E-state index in [1.165, 1.54) is 0 Å². The maximum Gasteiger partial charge on any atom is 0.315 e. The van der Waals surface area contributed by atoms with E-state index < -0.39 is 5.97 Å². The lowest BCUT2D eigenvalue weighted by molar-refractivity contribution is -0.137. The molecule has 0 heterocycles. The lowest BCUT2D eigenvalue weighted by atomic mass is 10.0. The van der Waals surface area contributed by atoms with E-state index in [0.29, 0.717) is 19.4 Å². The summed E-state index contributed by atoms with van der Waals surface area (Å²) in [5.41, 5.74) is 0.236. The van der Waals surface area contributed by atoms with Gasteiger partial charge in [-0.1, -0.05) is 0 Å². The van der Waals surface area contributed by atoms with Crippen LogP contribution in [0.5, 0.6) is 0 Å². The number of carbonyl (C=O) groups is 2. The molecule has 20 heavy (non-hydrogen) atoms. The van der Waals surface area contributed by atoms with Crippen molar-refractivity contribution in [3.63, 3.8) is 0 Å². The number of urea groups is 1. The highest BCUT2D eigenvalue weighted by Crippen LogP contribution is 2.48. The van der Waals surface area contributed by atoms with Gasteiger partial charge in [-0.3, -0.25) is 4.79 Å². The molecule has 1 fully saturated rings. The number of rotatable bonds is 10. The van der Waals surface area contributed by atoms with Gasteiger partial charge in [0.15, 0.2) is 0 Å². The van der Waals surface area contributed by atoms with Gasteiger partial charge in [0, 0.05) is 32.7 Å². The van der Waals surface area contributed by atoms with Crippen LogP contribution in [-0.4, -0.2) is 43.4 Å².